The fourth-order valence-electron chi connectivity index (χ4n) is 2.38. The monoisotopic (exact) mass is 277 g/mol. The fraction of sp³-hybridized carbons (Fsp3) is 0.500. The zero-order chi connectivity index (χ0) is 14.7. The van der Waals surface area contributed by atoms with Crippen LogP contribution in [0.2, 0.25) is 0 Å². The third-order valence-electron chi connectivity index (χ3n) is 3.57. The van der Waals surface area contributed by atoms with E-state index >= 15 is 0 Å². The third-order valence-corrected chi connectivity index (χ3v) is 3.57. The number of carbonyl (C=O) groups excluding carboxylic acids is 2. The van der Waals surface area contributed by atoms with Crippen LogP contribution in [0.4, 0.5) is 0 Å². The van der Waals surface area contributed by atoms with Crippen LogP contribution in [0.5, 0.6) is 0 Å². The molecule has 1 aliphatic rings. The lowest BCUT2D eigenvalue weighted by atomic mass is 9.98. The topological polar surface area (TPSA) is 91.1 Å². The van der Waals surface area contributed by atoms with Crippen LogP contribution in [0.15, 0.2) is 10.9 Å². The molecule has 6 heteroatoms. The van der Waals surface area contributed by atoms with Gasteiger partial charge in [-0.2, -0.15) is 0 Å². The van der Waals surface area contributed by atoms with Crippen molar-refractivity contribution in [3.05, 3.63) is 33.2 Å². The van der Waals surface area contributed by atoms with Gasteiger partial charge in [0.25, 0.3) is 5.56 Å². The SMILES string of the molecule is Cc1cc(C)c(CNC(=O)[C@H]2CCC(=O)NC2)c(=O)[nH]1. The first-order valence-electron chi connectivity index (χ1n) is 6.71. The molecule has 3 N–H and O–H groups in total. The molecule has 6 nitrogen and oxygen atoms in total. The summed E-state index contributed by atoms with van der Waals surface area (Å²) in [7, 11) is 0. The summed E-state index contributed by atoms with van der Waals surface area (Å²) in [5.74, 6) is -0.346. The van der Waals surface area contributed by atoms with Crippen LogP contribution in [-0.2, 0) is 16.1 Å². The average Bonchev–Trinajstić information content (AvgIpc) is 2.38. The zero-order valence-corrected chi connectivity index (χ0v) is 11.7. The molecule has 0 saturated carbocycles. The minimum atomic E-state index is -0.211. The van der Waals surface area contributed by atoms with Gasteiger partial charge in [0.2, 0.25) is 11.8 Å². The fourth-order valence-corrected chi connectivity index (χ4v) is 2.38. The zero-order valence-electron chi connectivity index (χ0n) is 11.7. The highest BCUT2D eigenvalue weighted by molar-refractivity contribution is 5.83. The predicted molar refractivity (Wildman–Crippen MR) is 74.1 cm³/mol. The Morgan fingerprint density at radius 3 is 2.75 bits per heavy atom. The average molecular weight is 277 g/mol. The first-order valence-corrected chi connectivity index (χ1v) is 6.71. The minimum Gasteiger partial charge on any atom is -0.355 e. The summed E-state index contributed by atoms with van der Waals surface area (Å²) in [5, 5.41) is 5.45. The van der Waals surface area contributed by atoms with Crippen LogP contribution in [0, 0.1) is 19.8 Å². The van der Waals surface area contributed by atoms with E-state index in [2.05, 4.69) is 15.6 Å². The molecule has 1 fully saturated rings. The number of hydrogen-bond donors (Lipinski definition) is 3. The Balaban J connectivity index is 1.97. The van der Waals surface area contributed by atoms with Crippen LogP contribution in [0.3, 0.4) is 0 Å². The Labute approximate surface area is 117 Å². The largest absolute Gasteiger partial charge is 0.355 e. The summed E-state index contributed by atoms with van der Waals surface area (Å²) in [5.41, 5.74) is 2.07. The van der Waals surface area contributed by atoms with E-state index in [1.807, 2.05) is 19.9 Å². The number of aryl methyl sites for hydroxylation is 2. The second kappa shape index (κ2) is 5.90. The summed E-state index contributed by atoms with van der Waals surface area (Å²) < 4.78 is 0. The number of pyridine rings is 1. The van der Waals surface area contributed by atoms with Gasteiger partial charge in [-0.3, -0.25) is 14.4 Å². The lowest BCUT2D eigenvalue weighted by molar-refractivity contribution is -0.129. The van der Waals surface area contributed by atoms with E-state index < -0.39 is 0 Å². The van der Waals surface area contributed by atoms with E-state index in [0.29, 0.717) is 24.9 Å². The highest BCUT2D eigenvalue weighted by Crippen LogP contribution is 2.11. The van der Waals surface area contributed by atoms with E-state index in [0.717, 1.165) is 11.3 Å². The van der Waals surface area contributed by atoms with Gasteiger partial charge >= 0.3 is 0 Å². The van der Waals surface area contributed by atoms with E-state index in [9.17, 15) is 14.4 Å². The van der Waals surface area contributed by atoms with Crippen molar-refractivity contribution in [3.8, 4) is 0 Å². The molecule has 108 valence electrons. The molecule has 1 aliphatic heterocycles. The summed E-state index contributed by atoms with van der Waals surface area (Å²) in [6.07, 6.45) is 0.934. The van der Waals surface area contributed by atoms with Crippen molar-refractivity contribution in [2.75, 3.05) is 6.54 Å². The van der Waals surface area contributed by atoms with E-state index in [1.54, 1.807) is 0 Å². The Morgan fingerprint density at radius 1 is 1.40 bits per heavy atom. The molecule has 0 aromatic carbocycles. The standard InChI is InChI=1S/C14H19N3O3/c1-8-5-9(2)17-14(20)11(8)7-16-13(19)10-3-4-12(18)15-6-10/h5,10H,3-4,6-7H2,1-2H3,(H,15,18)(H,16,19)(H,17,20)/t10-/m0/s1. The van der Waals surface area contributed by atoms with Crippen LogP contribution < -0.4 is 16.2 Å². The number of aromatic amines is 1. The highest BCUT2D eigenvalue weighted by atomic mass is 16.2. The van der Waals surface area contributed by atoms with Gasteiger partial charge in [-0.25, -0.2) is 0 Å². The van der Waals surface area contributed by atoms with Crippen LogP contribution >= 0.6 is 0 Å². The van der Waals surface area contributed by atoms with E-state index in [1.165, 1.54) is 0 Å². The third kappa shape index (κ3) is 3.26. The molecule has 2 amide bonds. The summed E-state index contributed by atoms with van der Waals surface area (Å²) in [4.78, 5) is 37.6. The van der Waals surface area contributed by atoms with Gasteiger partial charge in [0, 0.05) is 30.8 Å². The number of amides is 2. The Morgan fingerprint density at radius 2 is 2.15 bits per heavy atom. The number of piperidine rings is 1. The normalized spacial score (nSPS) is 18.5. The number of rotatable bonds is 3. The number of aromatic nitrogens is 1. The predicted octanol–water partition coefficient (Wildman–Crippen LogP) is 0.134. The van der Waals surface area contributed by atoms with E-state index in [4.69, 9.17) is 0 Å². The molecule has 0 spiro atoms. The molecule has 2 heterocycles. The van der Waals surface area contributed by atoms with E-state index in [-0.39, 0.29) is 29.8 Å². The molecule has 0 bridgehead atoms. The van der Waals surface area contributed by atoms with Gasteiger partial charge < -0.3 is 15.6 Å². The maximum Gasteiger partial charge on any atom is 0.253 e. The molecule has 0 radical (unpaired) electrons. The number of hydrogen-bond acceptors (Lipinski definition) is 3. The molecule has 1 saturated heterocycles. The summed E-state index contributed by atoms with van der Waals surface area (Å²) in [6.45, 7) is 4.25. The second-order valence-electron chi connectivity index (χ2n) is 5.20. The van der Waals surface area contributed by atoms with Crippen molar-refractivity contribution in [2.45, 2.75) is 33.2 Å². The lowest BCUT2D eigenvalue weighted by Gasteiger charge is -2.21. The van der Waals surface area contributed by atoms with Crippen molar-refractivity contribution < 1.29 is 9.59 Å². The molecule has 20 heavy (non-hydrogen) atoms. The van der Waals surface area contributed by atoms with Crippen molar-refractivity contribution in [1.29, 1.82) is 0 Å². The molecule has 0 unspecified atom stereocenters. The summed E-state index contributed by atoms with van der Waals surface area (Å²) >= 11 is 0. The molecule has 1 atom stereocenters. The van der Waals surface area contributed by atoms with Gasteiger partial charge in [0.05, 0.1) is 5.92 Å². The Bertz CT molecular complexity index is 582. The van der Waals surface area contributed by atoms with Crippen LogP contribution in [0.25, 0.3) is 0 Å². The van der Waals surface area contributed by atoms with Gasteiger partial charge in [-0.05, 0) is 31.9 Å². The first-order chi connectivity index (χ1) is 9.47. The number of carbonyl (C=O) groups is 2. The smallest absolute Gasteiger partial charge is 0.253 e. The minimum absolute atomic E-state index is 0.0140. The van der Waals surface area contributed by atoms with Crippen molar-refractivity contribution in [1.82, 2.24) is 15.6 Å². The Kier molecular flexibility index (Phi) is 4.22. The van der Waals surface area contributed by atoms with Crippen molar-refractivity contribution in [2.24, 2.45) is 5.92 Å². The first kappa shape index (κ1) is 14.3. The van der Waals surface area contributed by atoms with Crippen molar-refractivity contribution >= 4 is 11.8 Å². The van der Waals surface area contributed by atoms with Gasteiger partial charge in [-0.1, -0.05) is 0 Å². The van der Waals surface area contributed by atoms with Gasteiger partial charge in [0.15, 0.2) is 0 Å². The number of nitrogens with one attached hydrogen (secondary N) is 3. The quantitative estimate of drug-likeness (QED) is 0.733. The lowest BCUT2D eigenvalue weighted by Crippen LogP contribution is -2.43. The molecule has 1 aromatic rings. The molecule has 0 aliphatic carbocycles. The molecular formula is C14H19N3O3. The van der Waals surface area contributed by atoms with Crippen LogP contribution in [-0.4, -0.2) is 23.3 Å². The molecular weight excluding hydrogens is 258 g/mol. The van der Waals surface area contributed by atoms with Crippen molar-refractivity contribution in [3.63, 3.8) is 0 Å². The maximum atomic E-state index is 12.0. The van der Waals surface area contributed by atoms with Gasteiger partial charge in [0.1, 0.15) is 0 Å². The van der Waals surface area contributed by atoms with Crippen LogP contribution in [0.1, 0.15) is 29.7 Å². The molecule has 1 aromatic heterocycles. The second-order valence-corrected chi connectivity index (χ2v) is 5.20. The number of H-pyrrole nitrogens is 1. The Hall–Kier alpha value is -2.11. The molecule has 2 rings (SSSR count). The highest BCUT2D eigenvalue weighted by Gasteiger charge is 2.24. The van der Waals surface area contributed by atoms with Gasteiger partial charge in [-0.15, -0.1) is 0 Å². The maximum absolute atomic E-state index is 12.0. The summed E-state index contributed by atoms with van der Waals surface area (Å²) in [6, 6.07) is 1.88.